The third-order valence-corrected chi connectivity index (χ3v) is 4.58. The van der Waals surface area contributed by atoms with Crippen LogP contribution < -0.4 is 15.5 Å². The summed E-state index contributed by atoms with van der Waals surface area (Å²) in [6.45, 7) is 4.78. The minimum atomic E-state index is -0.754. The van der Waals surface area contributed by atoms with E-state index in [0.29, 0.717) is 18.7 Å². The van der Waals surface area contributed by atoms with Crippen LogP contribution in [0.2, 0.25) is 0 Å². The molecule has 2 aliphatic rings. The molecule has 1 aromatic rings. The Balaban J connectivity index is 1.64. The lowest BCUT2D eigenvalue weighted by Crippen LogP contribution is -2.51. The predicted octanol–water partition coefficient (Wildman–Crippen LogP) is 0.625. The van der Waals surface area contributed by atoms with Gasteiger partial charge in [-0.1, -0.05) is 0 Å². The van der Waals surface area contributed by atoms with Crippen molar-refractivity contribution in [1.29, 1.82) is 0 Å². The summed E-state index contributed by atoms with van der Waals surface area (Å²) in [5, 5.41) is 6.13. The highest BCUT2D eigenvalue weighted by Crippen LogP contribution is 2.24. The molecule has 0 spiro atoms. The Labute approximate surface area is 136 Å². The van der Waals surface area contributed by atoms with E-state index in [1.807, 2.05) is 12.1 Å². The molecule has 126 valence electrons. The van der Waals surface area contributed by atoms with Gasteiger partial charge in [0.15, 0.2) is 0 Å². The van der Waals surface area contributed by atoms with Crippen LogP contribution in [0.1, 0.15) is 12.8 Å². The topological polar surface area (TPSA) is 75.7 Å². The van der Waals surface area contributed by atoms with Gasteiger partial charge in [0.05, 0.1) is 25.1 Å². The maximum absolute atomic E-state index is 12.6. The van der Waals surface area contributed by atoms with Crippen LogP contribution in [0.15, 0.2) is 18.3 Å². The first-order valence-corrected chi connectivity index (χ1v) is 8.10. The number of nitrogens with one attached hydrogen (secondary N) is 2. The molecular formula is C16H24N4O3. The van der Waals surface area contributed by atoms with Crippen LogP contribution in [0.3, 0.4) is 0 Å². The Kier molecular flexibility index (Phi) is 5.09. The number of hydrogen-bond acceptors (Lipinski definition) is 6. The third kappa shape index (κ3) is 3.63. The van der Waals surface area contributed by atoms with Crippen molar-refractivity contribution in [1.82, 2.24) is 10.3 Å². The summed E-state index contributed by atoms with van der Waals surface area (Å²) in [4.78, 5) is 19.2. The van der Waals surface area contributed by atoms with Gasteiger partial charge in [0.1, 0.15) is 11.4 Å². The summed E-state index contributed by atoms with van der Waals surface area (Å²) in [7, 11) is 1.60. The normalized spacial score (nSPS) is 21.0. The van der Waals surface area contributed by atoms with E-state index in [2.05, 4.69) is 20.5 Å². The monoisotopic (exact) mass is 320 g/mol. The Morgan fingerprint density at radius 3 is 2.70 bits per heavy atom. The average molecular weight is 320 g/mol. The number of nitrogens with zero attached hydrogens (tertiary/aromatic N) is 2. The molecule has 3 heterocycles. The number of ether oxygens (including phenoxy) is 2. The molecule has 0 aromatic carbocycles. The number of methoxy groups -OCH3 is 1. The molecular weight excluding hydrogens is 296 g/mol. The highest BCUT2D eigenvalue weighted by atomic mass is 16.5. The number of anilines is 2. The largest absolute Gasteiger partial charge is 0.378 e. The van der Waals surface area contributed by atoms with E-state index in [1.165, 1.54) is 0 Å². The molecule has 1 amide bonds. The van der Waals surface area contributed by atoms with Crippen LogP contribution in [0.4, 0.5) is 11.5 Å². The molecule has 0 atom stereocenters. The Bertz CT molecular complexity index is 523. The summed E-state index contributed by atoms with van der Waals surface area (Å²) in [6, 6.07) is 3.82. The fourth-order valence-electron chi connectivity index (χ4n) is 3.05. The minimum Gasteiger partial charge on any atom is -0.378 e. The van der Waals surface area contributed by atoms with Crippen molar-refractivity contribution >= 4 is 17.4 Å². The third-order valence-electron chi connectivity index (χ3n) is 4.58. The predicted molar refractivity (Wildman–Crippen MR) is 87.7 cm³/mol. The van der Waals surface area contributed by atoms with Gasteiger partial charge in [0.25, 0.3) is 5.91 Å². The van der Waals surface area contributed by atoms with Gasteiger partial charge in [0, 0.05) is 20.2 Å². The van der Waals surface area contributed by atoms with Crippen molar-refractivity contribution in [3.8, 4) is 0 Å². The van der Waals surface area contributed by atoms with Crippen LogP contribution >= 0.6 is 0 Å². The average Bonchev–Trinajstić information content (AvgIpc) is 2.63. The highest BCUT2D eigenvalue weighted by Gasteiger charge is 2.39. The van der Waals surface area contributed by atoms with Crippen LogP contribution in [0.25, 0.3) is 0 Å². The Morgan fingerprint density at radius 2 is 2.09 bits per heavy atom. The Hall–Kier alpha value is -1.70. The smallest absolute Gasteiger partial charge is 0.257 e. The quantitative estimate of drug-likeness (QED) is 0.847. The standard InChI is InChI=1S/C16H24N4O3/c1-22-16(4-6-17-7-5-16)15(21)19-14-3-2-13(12-18-14)20-8-10-23-11-9-20/h2-3,12,17H,4-11H2,1H3,(H,18,19,21). The Morgan fingerprint density at radius 1 is 1.35 bits per heavy atom. The van der Waals surface area contributed by atoms with Crippen LogP contribution in [-0.4, -0.2) is 63.0 Å². The van der Waals surface area contributed by atoms with Gasteiger partial charge in [-0.15, -0.1) is 0 Å². The van der Waals surface area contributed by atoms with E-state index in [-0.39, 0.29) is 5.91 Å². The van der Waals surface area contributed by atoms with E-state index in [9.17, 15) is 4.79 Å². The van der Waals surface area contributed by atoms with Gasteiger partial charge in [-0.3, -0.25) is 4.79 Å². The number of aromatic nitrogens is 1. The molecule has 7 nitrogen and oxygen atoms in total. The van der Waals surface area contributed by atoms with Gasteiger partial charge in [-0.2, -0.15) is 0 Å². The number of carbonyl (C=O) groups excluding carboxylic acids is 1. The summed E-state index contributed by atoms with van der Waals surface area (Å²) >= 11 is 0. The molecule has 0 aliphatic carbocycles. The fraction of sp³-hybridized carbons (Fsp3) is 0.625. The lowest BCUT2D eigenvalue weighted by molar-refractivity contribution is -0.140. The first-order chi connectivity index (χ1) is 11.2. The van der Waals surface area contributed by atoms with Crippen molar-refractivity contribution in [2.45, 2.75) is 18.4 Å². The van der Waals surface area contributed by atoms with E-state index in [4.69, 9.17) is 9.47 Å². The van der Waals surface area contributed by atoms with Crippen molar-refractivity contribution in [3.63, 3.8) is 0 Å². The molecule has 0 bridgehead atoms. The first kappa shape index (κ1) is 16.2. The zero-order valence-electron chi connectivity index (χ0n) is 13.5. The summed E-state index contributed by atoms with van der Waals surface area (Å²) in [5.74, 6) is 0.440. The van der Waals surface area contributed by atoms with Crippen LogP contribution in [0, 0.1) is 0 Å². The van der Waals surface area contributed by atoms with Crippen molar-refractivity contribution in [2.75, 3.05) is 56.7 Å². The molecule has 2 aliphatic heterocycles. The van der Waals surface area contributed by atoms with E-state index >= 15 is 0 Å². The minimum absolute atomic E-state index is 0.117. The second kappa shape index (κ2) is 7.25. The van der Waals surface area contributed by atoms with Gasteiger partial charge in [-0.25, -0.2) is 4.98 Å². The molecule has 0 radical (unpaired) electrons. The van der Waals surface area contributed by atoms with E-state index in [0.717, 1.165) is 45.1 Å². The molecule has 0 saturated carbocycles. The molecule has 23 heavy (non-hydrogen) atoms. The SMILES string of the molecule is COC1(C(=O)Nc2ccc(N3CCOCC3)cn2)CCNCC1. The summed E-state index contributed by atoms with van der Waals surface area (Å²) in [6.07, 6.45) is 3.13. The maximum Gasteiger partial charge on any atom is 0.257 e. The number of pyridine rings is 1. The zero-order valence-corrected chi connectivity index (χ0v) is 13.5. The fourth-order valence-corrected chi connectivity index (χ4v) is 3.05. The van der Waals surface area contributed by atoms with Crippen molar-refractivity contribution in [2.24, 2.45) is 0 Å². The van der Waals surface area contributed by atoms with Crippen molar-refractivity contribution in [3.05, 3.63) is 18.3 Å². The lowest BCUT2D eigenvalue weighted by atomic mass is 9.91. The van der Waals surface area contributed by atoms with Gasteiger partial charge in [0.2, 0.25) is 0 Å². The zero-order chi connectivity index (χ0) is 16.1. The molecule has 0 unspecified atom stereocenters. The molecule has 2 fully saturated rings. The highest BCUT2D eigenvalue weighted by molar-refractivity contribution is 5.96. The molecule has 1 aromatic heterocycles. The molecule has 7 heteroatoms. The second-order valence-corrected chi connectivity index (χ2v) is 5.90. The van der Waals surface area contributed by atoms with Gasteiger partial charge in [-0.05, 0) is 38.1 Å². The number of carbonyl (C=O) groups is 1. The second-order valence-electron chi connectivity index (χ2n) is 5.90. The molecule has 2 saturated heterocycles. The molecule has 2 N–H and O–H groups in total. The van der Waals surface area contributed by atoms with E-state index < -0.39 is 5.60 Å². The summed E-state index contributed by atoms with van der Waals surface area (Å²) < 4.78 is 10.9. The number of amides is 1. The van der Waals surface area contributed by atoms with Gasteiger partial charge >= 0.3 is 0 Å². The van der Waals surface area contributed by atoms with Crippen LogP contribution in [-0.2, 0) is 14.3 Å². The number of rotatable bonds is 4. The summed E-state index contributed by atoms with van der Waals surface area (Å²) in [5.41, 5.74) is 0.296. The van der Waals surface area contributed by atoms with Crippen molar-refractivity contribution < 1.29 is 14.3 Å². The number of morpholine rings is 1. The maximum atomic E-state index is 12.6. The number of hydrogen-bond donors (Lipinski definition) is 2. The number of piperidine rings is 1. The van der Waals surface area contributed by atoms with Crippen LogP contribution in [0.5, 0.6) is 0 Å². The first-order valence-electron chi connectivity index (χ1n) is 8.10. The lowest BCUT2D eigenvalue weighted by Gasteiger charge is -2.34. The molecule has 3 rings (SSSR count). The van der Waals surface area contributed by atoms with E-state index in [1.54, 1.807) is 13.3 Å². The van der Waals surface area contributed by atoms with Gasteiger partial charge < -0.3 is 25.0 Å².